The van der Waals surface area contributed by atoms with Crippen LogP contribution in [0.1, 0.15) is 10.4 Å². The number of hydrogen-bond acceptors (Lipinski definition) is 2. The summed E-state index contributed by atoms with van der Waals surface area (Å²) in [6.45, 7) is 0. The van der Waals surface area contributed by atoms with E-state index in [1.54, 1.807) is 16.8 Å². The molecule has 1 aromatic heterocycles. The minimum absolute atomic E-state index is 0.481. The van der Waals surface area contributed by atoms with Crippen LogP contribution in [0.3, 0.4) is 0 Å². The van der Waals surface area contributed by atoms with Gasteiger partial charge in [-0.2, -0.15) is 11.3 Å². The van der Waals surface area contributed by atoms with Crippen LogP contribution in [-0.2, 0) is 0 Å². The third-order valence-corrected chi connectivity index (χ3v) is 1.47. The Hall–Kier alpha value is -0.830. The standard InChI is InChI=1S/C5H4NOS/c6-5(7)4-1-2-8-3-4/h1-3,6H. The van der Waals surface area contributed by atoms with E-state index in [1.807, 2.05) is 0 Å². The van der Waals surface area contributed by atoms with Crippen LogP contribution in [0.4, 0.5) is 0 Å². The Kier molecular flexibility index (Phi) is 1.30. The molecular weight excluding hydrogens is 122 g/mol. The topological polar surface area (TPSA) is 40.9 Å². The molecule has 8 heavy (non-hydrogen) atoms. The summed E-state index contributed by atoms with van der Waals surface area (Å²) in [6, 6.07) is 1.64. The molecular formula is C5H4NOS. The lowest BCUT2D eigenvalue weighted by molar-refractivity contribution is 0.0992. The third-order valence-electron chi connectivity index (χ3n) is 0.783. The molecule has 1 aromatic rings. The van der Waals surface area contributed by atoms with Crippen molar-refractivity contribution in [1.82, 2.24) is 5.73 Å². The highest BCUT2D eigenvalue weighted by molar-refractivity contribution is 7.08. The molecule has 0 aliphatic rings. The summed E-state index contributed by atoms with van der Waals surface area (Å²) in [5.74, 6) is -0.605. The van der Waals surface area contributed by atoms with Gasteiger partial charge in [-0.15, -0.1) is 0 Å². The van der Waals surface area contributed by atoms with Crippen LogP contribution < -0.4 is 5.73 Å². The monoisotopic (exact) mass is 126 g/mol. The Bertz CT molecular complexity index is 180. The van der Waals surface area contributed by atoms with Gasteiger partial charge in [0.2, 0.25) is 0 Å². The second kappa shape index (κ2) is 1.96. The van der Waals surface area contributed by atoms with Crippen LogP contribution in [0.2, 0.25) is 0 Å². The molecule has 0 fully saturated rings. The summed E-state index contributed by atoms with van der Waals surface area (Å²) in [6.07, 6.45) is 0. The van der Waals surface area contributed by atoms with Crippen molar-refractivity contribution in [2.75, 3.05) is 0 Å². The van der Waals surface area contributed by atoms with Gasteiger partial charge in [-0.1, -0.05) is 0 Å². The molecule has 0 bridgehead atoms. The van der Waals surface area contributed by atoms with Crippen molar-refractivity contribution in [3.63, 3.8) is 0 Å². The van der Waals surface area contributed by atoms with E-state index in [1.165, 1.54) is 11.3 Å². The van der Waals surface area contributed by atoms with E-state index >= 15 is 0 Å². The van der Waals surface area contributed by atoms with Gasteiger partial charge in [0.25, 0.3) is 5.91 Å². The SMILES string of the molecule is [NH]C(=O)c1ccsc1. The summed E-state index contributed by atoms with van der Waals surface area (Å²) >= 11 is 1.43. The minimum Gasteiger partial charge on any atom is -0.267 e. The number of amides is 1. The maximum Gasteiger partial charge on any atom is 0.270 e. The maximum atomic E-state index is 10.2. The van der Waals surface area contributed by atoms with Crippen LogP contribution in [0, 0.1) is 0 Å². The van der Waals surface area contributed by atoms with Gasteiger partial charge in [-0.05, 0) is 11.4 Å². The summed E-state index contributed by atoms with van der Waals surface area (Å²) in [5.41, 5.74) is 7.08. The first-order valence-electron chi connectivity index (χ1n) is 2.09. The normalized spacial score (nSPS) is 9.00. The molecule has 0 aliphatic heterocycles. The van der Waals surface area contributed by atoms with E-state index in [9.17, 15) is 4.79 Å². The fraction of sp³-hybridized carbons (Fsp3) is 0. The van der Waals surface area contributed by atoms with Crippen molar-refractivity contribution in [3.05, 3.63) is 22.4 Å². The van der Waals surface area contributed by atoms with E-state index in [0.29, 0.717) is 5.56 Å². The van der Waals surface area contributed by atoms with E-state index in [2.05, 4.69) is 0 Å². The van der Waals surface area contributed by atoms with E-state index < -0.39 is 5.91 Å². The average molecular weight is 126 g/mol. The molecule has 0 aliphatic carbocycles. The lowest BCUT2D eigenvalue weighted by Gasteiger charge is -1.78. The van der Waals surface area contributed by atoms with Crippen molar-refractivity contribution < 1.29 is 4.79 Å². The number of hydrogen-bond donors (Lipinski definition) is 0. The minimum atomic E-state index is -0.605. The average Bonchev–Trinajstić information content (AvgIpc) is 2.12. The molecule has 1 N–H and O–H groups in total. The lowest BCUT2D eigenvalue weighted by atomic mass is 10.3. The van der Waals surface area contributed by atoms with Crippen LogP contribution in [0.25, 0.3) is 0 Å². The molecule has 0 spiro atoms. The Balaban J connectivity index is 2.93. The van der Waals surface area contributed by atoms with Gasteiger partial charge >= 0.3 is 0 Å². The zero-order chi connectivity index (χ0) is 5.98. The Morgan fingerprint density at radius 2 is 2.50 bits per heavy atom. The zero-order valence-corrected chi connectivity index (χ0v) is 4.87. The summed E-state index contributed by atoms with van der Waals surface area (Å²) < 4.78 is 0. The Labute approximate surface area is 50.9 Å². The summed E-state index contributed by atoms with van der Waals surface area (Å²) in [5, 5.41) is 3.44. The van der Waals surface area contributed by atoms with Gasteiger partial charge in [0.05, 0.1) is 5.56 Å². The zero-order valence-electron chi connectivity index (χ0n) is 4.05. The van der Waals surface area contributed by atoms with Crippen molar-refractivity contribution in [2.24, 2.45) is 0 Å². The van der Waals surface area contributed by atoms with Crippen LogP contribution in [0.15, 0.2) is 16.8 Å². The molecule has 0 aromatic carbocycles. The maximum absolute atomic E-state index is 10.2. The van der Waals surface area contributed by atoms with Gasteiger partial charge in [-0.25, -0.2) is 0 Å². The molecule has 1 rings (SSSR count). The van der Waals surface area contributed by atoms with E-state index in [4.69, 9.17) is 5.73 Å². The second-order valence-corrected chi connectivity index (χ2v) is 2.12. The van der Waals surface area contributed by atoms with Crippen LogP contribution >= 0.6 is 11.3 Å². The highest BCUT2D eigenvalue weighted by Crippen LogP contribution is 2.03. The first kappa shape index (κ1) is 5.31. The summed E-state index contributed by atoms with van der Waals surface area (Å²) in [7, 11) is 0. The van der Waals surface area contributed by atoms with Gasteiger partial charge in [0.1, 0.15) is 0 Å². The molecule has 0 saturated carbocycles. The molecule has 1 amide bonds. The van der Waals surface area contributed by atoms with Gasteiger partial charge in [0.15, 0.2) is 0 Å². The molecule has 2 nitrogen and oxygen atoms in total. The number of thiophene rings is 1. The number of nitrogens with one attached hydrogen (secondary N) is 1. The second-order valence-electron chi connectivity index (χ2n) is 1.34. The number of carbonyl (C=O) groups excluding carboxylic acids is 1. The third kappa shape index (κ3) is 0.869. The first-order valence-corrected chi connectivity index (χ1v) is 3.03. The molecule has 0 unspecified atom stereocenters. The molecule has 0 saturated heterocycles. The highest BCUT2D eigenvalue weighted by atomic mass is 32.1. The van der Waals surface area contributed by atoms with Crippen LogP contribution in [0.5, 0.6) is 0 Å². The first-order chi connectivity index (χ1) is 3.80. The smallest absolute Gasteiger partial charge is 0.267 e. The quantitative estimate of drug-likeness (QED) is 0.556. The number of rotatable bonds is 1. The van der Waals surface area contributed by atoms with Gasteiger partial charge in [0, 0.05) is 5.38 Å². The predicted octanol–water partition coefficient (Wildman–Crippen LogP) is 1.17. The lowest BCUT2D eigenvalue weighted by Crippen LogP contribution is -1.94. The largest absolute Gasteiger partial charge is 0.270 e. The molecule has 0 atom stereocenters. The molecule has 41 valence electrons. The summed E-state index contributed by atoms with van der Waals surface area (Å²) in [4.78, 5) is 10.2. The van der Waals surface area contributed by atoms with Gasteiger partial charge < -0.3 is 0 Å². The molecule has 3 heteroatoms. The fourth-order valence-corrected chi connectivity index (χ4v) is 1.03. The van der Waals surface area contributed by atoms with Gasteiger partial charge in [-0.3, -0.25) is 10.5 Å². The fourth-order valence-electron chi connectivity index (χ4n) is 0.394. The van der Waals surface area contributed by atoms with E-state index in [0.717, 1.165) is 0 Å². The van der Waals surface area contributed by atoms with Crippen molar-refractivity contribution in [3.8, 4) is 0 Å². The highest BCUT2D eigenvalue weighted by Gasteiger charge is 1.97. The van der Waals surface area contributed by atoms with Crippen LogP contribution in [-0.4, -0.2) is 5.91 Å². The Morgan fingerprint density at radius 1 is 1.75 bits per heavy atom. The molecule has 1 heterocycles. The predicted molar refractivity (Wildman–Crippen MR) is 31.7 cm³/mol. The van der Waals surface area contributed by atoms with E-state index in [-0.39, 0.29) is 0 Å². The number of carbonyl (C=O) groups is 1. The Morgan fingerprint density at radius 3 is 2.75 bits per heavy atom. The van der Waals surface area contributed by atoms with Crippen molar-refractivity contribution in [2.45, 2.75) is 0 Å². The molecule has 1 radical (unpaired) electrons. The van der Waals surface area contributed by atoms with Crippen molar-refractivity contribution in [1.29, 1.82) is 0 Å². The van der Waals surface area contributed by atoms with Crippen molar-refractivity contribution >= 4 is 17.2 Å².